The SMILES string of the molecule is CC(C)S(=O)(=O)c1ccccc1Nc1nc(N)nc2c1cnn2-c1ccccc1C1CCN(C)CC1. The third kappa shape index (κ3) is 4.42. The molecule has 3 heterocycles. The van der Waals surface area contributed by atoms with Crippen LogP contribution in [0.2, 0.25) is 0 Å². The molecule has 1 fully saturated rings. The van der Waals surface area contributed by atoms with Crippen LogP contribution in [0.1, 0.15) is 38.2 Å². The van der Waals surface area contributed by atoms with Gasteiger partial charge >= 0.3 is 0 Å². The van der Waals surface area contributed by atoms with Gasteiger partial charge in [-0.3, -0.25) is 0 Å². The normalized spacial score (nSPS) is 15.6. The molecule has 0 atom stereocenters. The van der Waals surface area contributed by atoms with E-state index in [4.69, 9.17) is 5.73 Å². The van der Waals surface area contributed by atoms with Crippen LogP contribution in [0.3, 0.4) is 0 Å². The van der Waals surface area contributed by atoms with Gasteiger partial charge in [-0.15, -0.1) is 0 Å². The first kappa shape index (κ1) is 24.2. The summed E-state index contributed by atoms with van der Waals surface area (Å²) in [6, 6.07) is 15.1. The monoisotopic (exact) mass is 505 g/mol. The second kappa shape index (κ2) is 9.51. The molecule has 9 nitrogen and oxygen atoms in total. The topological polar surface area (TPSA) is 119 Å². The summed E-state index contributed by atoms with van der Waals surface area (Å²) in [6.45, 7) is 5.44. The Labute approximate surface area is 211 Å². The zero-order chi connectivity index (χ0) is 25.4. The van der Waals surface area contributed by atoms with E-state index in [1.807, 2.05) is 10.7 Å². The van der Waals surface area contributed by atoms with Crippen molar-refractivity contribution in [3.8, 4) is 5.69 Å². The Bertz CT molecular complexity index is 1510. The molecule has 0 spiro atoms. The molecule has 0 amide bonds. The first-order valence-corrected chi connectivity index (χ1v) is 13.7. The quantitative estimate of drug-likeness (QED) is 0.401. The molecular formula is C26H31N7O2S. The standard InChI is InChI=1S/C26H31N7O2S/c1-17(2)36(34,35)23-11-7-5-9-21(23)29-24-20-16-28-33(25(20)31-26(27)30-24)22-10-6-4-8-19(22)18-12-14-32(3)15-13-18/h4-11,16-18H,12-15H2,1-3H3,(H3,27,29,30,31). The molecule has 0 radical (unpaired) electrons. The molecule has 2 aromatic carbocycles. The van der Waals surface area contributed by atoms with Gasteiger partial charge in [-0.2, -0.15) is 15.1 Å². The maximum Gasteiger partial charge on any atom is 0.224 e. The zero-order valence-corrected chi connectivity index (χ0v) is 21.5. The predicted octanol–water partition coefficient (Wildman–Crippen LogP) is 4.13. The van der Waals surface area contributed by atoms with Gasteiger partial charge in [0.15, 0.2) is 15.5 Å². The molecule has 36 heavy (non-hydrogen) atoms. The minimum Gasteiger partial charge on any atom is -0.368 e. The number of nitrogens with one attached hydrogen (secondary N) is 1. The molecule has 0 saturated carbocycles. The van der Waals surface area contributed by atoms with E-state index >= 15 is 0 Å². The molecule has 0 aliphatic carbocycles. The maximum atomic E-state index is 13.0. The number of likely N-dealkylation sites (tertiary alicyclic amines) is 1. The molecule has 0 bridgehead atoms. The van der Waals surface area contributed by atoms with Crippen molar-refractivity contribution in [2.75, 3.05) is 31.2 Å². The van der Waals surface area contributed by atoms with Gasteiger partial charge in [-0.25, -0.2) is 13.1 Å². The highest BCUT2D eigenvalue weighted by Crippen LogP contribution is 2.34. The number of aromatic nitrogens is 4. The third-order valence-corrected chi connectivity index (χ3v) is 9.05. The Hall–Kier alpha value is -3.50. The van der Waals surface area contributed by atoms with E-state index in [1.54, 1.807) is 44.3 Å². The Morgan fingerprint density at radius 3 is 2.47 bits per heavy atom. The lowest BCUT2D eigenvalue weighted by Gasteiger charge is -2.30. The van der Waals surface area contributed by atoms with Crippen LogP contribution in [0, 0.1) is 0 Å². The molecule has 0 unspecified atom stereocenters. The van der Waals surface area contributed by atoms with E-state index in [9.17, 15) is 8.42 Å². The van der Waals surface area contributed by atoms with Gasteiger partial charge in [0.25, 0.3) is 0 Å². The molecule has 1 saturated heterocycles. The number of hydrogen-bond acceptors (Lipinski definition) is 8. The summed E-state index contributed by atoms with van der Waals surface area (Å²) < 4.78 is 27.7. The van der Waals surface area contributed by atoms with Gasteiger partial charge in [-0.1, -0.05) is 30.3 Å². The van der Waals surface area contributed by atoms with Gasteiger partial charge < -0.3 is 16.0 Å². The van der Waals surface area contributed by atoms with Crippen LogP contribution in [-0.4, -0.2) is 58.5 Å². The van der Waals surface area contributed by atoms with Gasteiger partial charge in [0.05, 0.1) is 33.1 Å². The molecule has 188 valence electrons. The number of hydrogen-bond donors (Lipinski definition) is 2. The van der Waals surface area contributed by atoms with E-state index < -0.39 is 15.1 Å². The number of para-hydroxylation sites is 2. The number of anilines is 3. The van der Waals surface area contributed by atoms with Gasteiger partial charge in [0.2, 0.25) is 5.95 Å². The van der Waals surface area contributed by atoms with Gasteiger partial charge in [0.1, 0.15) is 5.82 Å². The Kier molecular flexibility index (Phi) is 6.40. The van der Waals surface area contributed by atoms with Crippen LogP contribution in [0.15, 0.2) is 59.6 Å². The largest absolute Gasteiger partial charge is 0.368 e. The van der Waals surface area contributed by atoms with Crippen molar-refractivity contribution in [2.45, 2.75) is 42.8 Å². The van der Waals surface area contributed by atoms with Crippen molar-refractivity contribution in [3.63, 3.8) is 0 Å². The van der Waals surface area contributed by atoms with E-state index in [0.717, 1.165) is 31.6 Å². The Balaban J connectivity index is 1.59. The van der Waals surface area contributed by atoms with Crippen molar-refractivity contribution in [2.24, 2.45) is 0 Å². The summed E-state index contributed by atoms with van der Waals surface area (Å²) in [5.74, 6) is 0.918. The second-order valence-electron chi connectivity index (χ2n) is 9.58. The third-order valence-electron chi connectivity index (χ3n) is 6.84. The van der Waals surface area contributed by atoms with Crippen LogP contribution in [0.4, 0.5) is 17.5 Å². The summed E-state index contributed by atoms with van der Waals surface area (Å²) in [4.78, 5) is 11.5. The number of nitrogen functional groups attached to an aromatic ring is 1. The van der Waals surface area contributed by atoms with E-state index in [0.29, 0.717) is 28.5 Å². The zero-order valence-electron chi connectivity index (χ0n) is 20.7. The van der Waals surface area contributed by atoms with Crippen LogP contribution >= 0.6 is 0 Å². The first-order valence-electron chi connectivity index (χ1n) is 12.1. The number of sulfone groups is 1. The van der Waals surface area contributed by atoms with Crippen molar-refractivity contribution < 1.29 is 8.42 Å². The highest BCUT2D eigenvalue weighted by Gasteiger charge is 2.25. The molecule has 1 aliphatic heterocycles. The number of nitrogens with two attached hydrogens (primary N) is 1. The van der Waals surface area contributed by atoms with Crippen molar-refractivity contribution in [3.05, 3.63) is 60.3 Å². The number of nitrogens with zero attached hydrogens (tertiary/aromatic N) is 5. The second-order valence-corrected chi connectivity index (χ2v) is 12.0. The van der Waals surface area contributed by atoms with E-state index in [2.05, 4.69) is 50.5 Å². The number of rotatable bonds is 6. The van der Waals surface area contributed by atoms with Crippen molar-refractivity contribution in [1.29, 1.82) is 0 Å². The number of piperidine rings is 1. The number of benzene rings is 2. The highest BCUT2D eigenvalue weighted by atomic mass is 32.2. The summed E-state index contributed by atoms with van der Waals surface area (Å²) in [6.07, 6.45) is 3.86. The average Bonchev–Trinajstić information content (AvgIpc) is 3.28. The van der Waals surface area contributed by atoms with Crippen molar-refractivity contribution in [1.82, 2.24) is 24.6 Å². The Morgan fingerprint density at radius 1 is 1.03 bits per heavy atom. The van der Waals surface area contributed by atoms with Crippen molar-refractivity contribution >= 4 is 38.3 Å². The Morgan fingerprint density at radius 2 is 1.72 bits per heavy atom. The van der Waals surface area contributed by atoms with E-state index in [1.165, 1.54) is 5.56 Å². The van der Waals surface area contributed by atoms with Gasteiger partial charge in [-0.05, 0) is 76.5 Å². The first-order chi connectivity index (χ1) is 17.3. The minimum atomic E-state index is -3.51. The summed E-state index contributed by atoms with van der Waals surface area (Å²) in [5, 5.41) is 7.96. The predicted molar refractivity (Wildman–Crippen MR) is 143 cm³/mol. The fourth-order valence-corrected chi connectivity index (χ4v) is 5.94. The smallest absolute Gasteiger partial charge is 0.224 e. The molecule has 4 aromatic rings. The number of fused-ring (bicyclic) bond motifs is 1. The average molecular weight is 506 g/mol. The molecule has 5 rings (SSSR count). The molecule has 3 N–H and O–H groups in total. The molecular weight excluding hydrogens is 474 g/mol. The fourth-order valence-electron chi connectivity index (χ4n) is 4.74. The van der Waals surface area contributed by atoms with Crippen LogP contribution in [0.5, 0.6) is 0 Å². The summed E-state index contributed by atoms with van der Waals surface area (Å²) >= 11 is 0. The lowest BCUT2D eigenvalue weighted by atomic mass is 9.88. The minimum absolute atomic E-state index is 0.0766. The van der Waals surface area contributed by atoms with Crippen LogP contribution < -0.4 is 11.1 Å². The van der Waals surface area contributed by atoms with Gasteiger partial charge in [0, 0.05) is 0 Å². The summed E-state index contributed by atoms with van der Waals surface area (Å²) in [7, 11) is -1.36. The molecule has 10 heteroatoms. The molecule has 1 aliphatic rings. The lowest BCUT2D eigenvalue weighted by molar-refractivity contribution is 0.255. The van der Waals surface area contributed by atoms with Crippen LogP contribution in [-0.2, 0) is 9.84 Å². The van der Waals surface area contributed by atoms with E-state index in [-0.39, 0.29) is 10.8 Å². The summed E-state index contributed by atoms with van der Waals surface area (Å²) in [5.41, 5.74) is 9.32. The fraction of sp³-hybridized carbons (Fsp3) is 0.346. The molecule has 2 aromatic heterocycles. The highest BCUT2D eigenvalue weighted by molar-refractivity contribution is 7.92. The maximum absolute atomic E-state index is 13.0. The lowest BCUT2D eigenvalue weighted by Crippen LogP contribution is -2.29. The van der Waals surface area contributed by atoms with Crippen LogP contribution in [0.25, 0.3) is 16.7 Å².